The van der Waals surface area contributed by atoms with Gasteiger partial charge < -0.3 is 20.5 Å². The summed E-state index contributed by atoms with van der Waals surface area (Å²) in [5.74, 6) is 0.631. The first-order chi connectivity index (χ1) is 12.0. The molecule has 8 heteroatoms. The molecule has 142 valence electrons. The number of benzene rings is 1. The van der Waals surface area contributed by atoms with Crippen LogP contribution in [0, 0.1) is 6.92 Å². The Labute approximate surface area is 163 Å². The predicted octanol–water partition coefficient (Wildman–Crippen LogP) is 2.45. The van der Waals surface area contributed by atoms with E-state index in [1.54, 1.807) is 18.4 Å². The van der Waals surface area contributed by atoms with Gasteiger partial charge in [-0.15, -0.1) is 23.7 Å². The number of carbonyl (C=O) groups is 1. The first-order valence-electron chi connectivity index (χ1n) is 8.29. The highest BCUT2D eigenvalue weighted by atomic mass is 35.5. The molecule has 1 saturated heterocycles. The monoisotopic (exact) mass is 397 g/mol. The molecule has 0 saturated carbocycles. The second-order valence-corrected chi connectivity index (χ2v) is 7.16. The SMILES string of the molecule is COc1cc(-c2scnc2C)ccc1C(C)NC(=O)[C@@H]1C[C@@H](O)CN1.Cl. The van der Waals surface area contributed by atoms with Crippen LogP contribution < -0.4 is 15.4 Å². The van der Waals surface area contributed by atoms with Gasteiger partial charge in [0.1, 0.15) is 5.75 Å². The van der Waals surface area contributed by atoms with Crippen molar-refractivity contribution < 1.29 is 14.6 Å². The Morgan fingerprint density at radius 1 is 1.50 bits per heavy atom. The molecular weight excluding hydrogens is 374 g/mol. The maximum absolute atomic E-state index is 12.3. The van der Waals surface area contributed by atoms with Crippen molar-refractivity contribution >= 4 is 29.7 Å². The fourth-order valence-electron chi connectivity index (χ4n) is 3.10. The van der Waals surface area contributed by atoms with Gasteiger partial charge in [-0.25, -0.2) is 4.98 Å². The fraction of sp³-hybridized carbons (Fsp3) is 0.444. The summed E-state index contributed by atoms with van der Waals surface area (Å²) in [5, 5.41) is 15.6. The molecule has 0 bridgehead atoms. The molecule has 3 rings (SSSR count). The molecule has 3 atom stereocenters. The third kappa shape index (κ3) is 4.35. The highest BCUT2D eigenvalue weighted by Gasteiger charge is 2.29. The molecule has 6 nitrogen and oxygen atoms in total. The van der Waals surface area contributed by atoms with E-state index in [1.807, 2.05) is 37.6 Å². The van der Waals surface area contributed by atoms with Gasteiger partial charge in [-0.1, -0.05) is 12.1 Å². The Morgan fingerprint density at radius 3 is 2.85 bits per heavy atom. The van der Waals surface area contributed by atoms with Crippen molar-refractivity contribution in [2.75, 3.05) is 13.7 Å². The summed E-state index contributed by atoms with van der Waals surface area (Å²) in [6.45, 7) is 4.37. The minimum absolute atomic E-state index is 0. The van der Waals surface area contributed by atoms with Crippen LogP contribution in [-0.2, 0) is 4.79 Å². The number of carbonyl (C=O) groups excluding carboxylic acids is 1. The molecule has 0 radical (unpaired) electrons. The topological polar surface area (TPSA) is 83.5 Å². The normalized spacial score (nSPS) is 20.3. The number of rotatable bonds is 5. The second kappa shape index (κ2) is 8.81. The number of β-amino-alcohol motifs (C(OH)–C–C–N with tert-alkyl or cyclic N) is 1. The lowest BCUT2D eigenvalue weighted by Crippen LogP contribution is -2.41. The fourth-order valence-corrected chi connectivity index (χ4v) is 3.90. The van der Waals surface area contributed by atoms with Gasteiger partial charge in [-0.2, -0.15) is 0 Å². The zero-order valence-electron chi connectivity index (χ0n) is 15.0. The van der Waals surface area contributed by atoms with Crippen molar-refractivity contribution in [2.24, 2.45) is 0 Å². The van der Waals surface area contributed by atoms with Gasteiger partial charge in [-0.05, 0) is 31.9 Å². The van der Waals surface area contributed by atoms with Crippen LogP contribution in [0.15, 0.2) is 23.7 Å². The smallest absolute Gasteiger partial charge is 0.237 e. The molecule has 1 amide bonds. The summed E-state index contributed by atoms with van der Waals surface area (Å²) in [4.78, 5) is 17.7. The van der Waals surface area contributed by atoms with Crippen LogP contribution in [-0.4, -0.2) is 41.8 Å². The Hall–Kier alpha value is -1.67. The number of aliphatic hydroxyl groups is 1. The zero-order chi connectivity index (χ0) is 18.0. The molecule has 26 heavy (non-hydrogen) atoms. The van der Waals surface area contributed by atoms with Gasteiger partial charge >= 0.3 is 0 Å². The van der Waals surface area contributed by atoms with E-state index in [0.29, 0.717) is 13.0 Å². The molecule has 1 fully saturated rings. The van der Waals surface area contributed by atoms with Crippen molar-refractivity contribution in [3.05, 3.63) is 35.0 Å². The van der Waals surface area contributed by atoms with E-state index in [0.717, 1.165) is 27.4 Å². The number of nitrogens with zero attached hydrogens (tertiary/aromatic N) is 1. The van der Waals surface area contributed by atoms with E-state index in [9.17, 15) is 9.90 Å². The van der Waals surface area contributed by atoms with Gasteiger partial charge in [0.25, 0.3) is 0 Å². The Balaban J connectivity index is 0.00000243. The molecular formula is C18H24ClN3O3S. The van der Waals surface area contributed by atoms with E-state index in [4.69, 9.17) is 4.74 Å². The minimum atomic E-state index is -0.456. The lowest BCUT2D eigenvalue weighted by molar-refractivity contribution is -0.123. The number of methoxy groups -OCH3 is 1. The van der Waals surface area contributed by atoms with E-state index in [1.165, 1.54) is 0 Å². The van der Waals surface area contributed by atoms with Gasteiger partial charge in [0.15, 0.2) is 0 Å². The largest absolute Gasteiger partial charge is 0.496 e. The van der Waals surface area contributed by atoms with Gasteiger partial charge in [0.2, 0.25) is 5.91 Å². The van der Waals surface area contributed by atoms with Crippen LogP contribution in [0.4, 0.5) is 0 Å². The van der Waals surface area contributed by atoms with E-state index >= 15 is 0 Å². The quantitative estimate of drug-likeness (QED) is 0.721. The summed E-state index contributed by atoms with van der Waals surface area (Å²) in [5.41, 5.74) is 4.80. The first kappa shape index (κ1) is 20.6. The number of aromatic nitrogens is 1. The summed E-state index contributed by atoms with van der Waals surface area (Å²) in [6, 6.07) is 5.45. The highest BCUT2D eigenvalue weighted by molar-refractivity contribution is 7.13. The first-order valence-corrected chi connectivity index (χ1v) is 9.17. The average Bonchev–Trinajstić information content (AvgIpc) is 3.22. The van der Waals surface area contributed by atoms with Crippen molar-refractivity contribution in [2.45, 2.75) is 38.5 Å². The molecule has 1 unspecified atom stereocenters. The van der Waals surface area contributed by atoms with Crippen molar-refractivity contribution in [1.29, 1.82) is 0 Å². The minimum Gasteiger partial charge on any atom is -0.496 e. The third-order valence-corrected chi connectivity index (χ3v) is 5.47. The molecule has 1 aliphatic heterocycles. The summed E-state index contributed by atoms with van der Waals surface area (Å²) < 4.78 is 5.55. The molecule has 2 heterocycles. The Kier molecular flexibility index (Phi) is 7.00. The number of aryl methyl sites for hydroxylation is 1. The number of aliphatic hydroxyl groups excluding tert-OH is 1. The summed E-state index contributed by atoms with van der Waals surface area (Å²) >= 11 is 1.60. The van der Waals surface area contributed by atoms with E-state index < -0.39 is 6.10 Å². The van der Waals surface area contributed by atoms with Crippen LogP contribution in [0.3, 0.4) is 0 Å². The predicted molar refractivity (Wildman–Crippen MR) is 105 cm³/mol. The lowest BCUT2D eigenvalue weighted by atomic mass is 10.0. The van der Waals surface area contributed by atoms with E-state index in [2.05, 4.69) is 15.6 Å². The third-order valence-electron chi connectivity index (χ3n) is 4.49. The van der Waals surface area contributed by atoms with Crippen LogP contribution in [0.5, 0.6) is 5.75 Å². The number of hydrogen-bond acceptors (Lipinski definition) is 6. The number of ether oxygens (including phenoxy) is 1. The van der Waals surface area contributed by atoms with Crippen LogP contribution in [0.2, 0.25) is 0 Å². The maximum atomic E-state index is 12.3. The zero-order valence-corrected chi connectivity index (χ0v) is 16.6. The number of amides is 1. The second-order valence-electron chi connectivity index (χ2n) is 6.30. The number of thiazole rings is 1. The van der Waals surface area contributed by atoms with Crippen molar-refractivity contribution in [3.63, 3.8) is 0 Å². The molecule has 1 aromatic heterocycles. The van der Waals surface area contributed by atoms with Gasteiger partial charge in [-0.3, -0.25) is 4.79 Å². The molecule has 2 aromatic rings. The number of halogens is 1. The summed E-state index contributed by atoms with van der Waals surface area (Å²) in [7, 11) is 1.63. The molecule has 0 spiro atoms. The summed E-state index contributed by atoms with van der Waals surface area (Å²) in [6.07, 6.45) is -0.0123. The van der Waals surface area contributed by atoms with Crippen molar-refractivity contribution in [3.8, 4) is 16.2 Å². The molecule has 0 aliphatic carbocycles. The van der Waals surface area contributed by atoms with Gasteiger partial charge in [0.05, 0.1) is 41.4 Å². The molecule has 1 aromatic carbocycles. The average molecular weight is 398 g/mol. The van der Waals surface area contributed by atoms with E-state index in [-0.39, 0.29) is 30.4 Å². The van der Waals surface area contributed by atoms with Crippen LogP contribution in [0.25, 0.3) is 10.4 Å². The molecule has 1 aliphatic rings. The number of hydrogen-bond donors (Lipinski definition) is 3. The highest BCUT2D eigenvalue weighted by Crippen LogP contribution is 2.34. The maximum Gasteiger partial charge on any atom is 0.237 e. The number of nitrogens with one attached hydrogen (secondary N) is 2. The van der Waals surface area contributed by atoms with Gasteiger partial charge in [0, 0.05) is 12.1 Å². The molecule has 3 N–H and O–H groups in total. The van der Waals surface area contributed by atoms with Crippen LogP contribution >= 0.6 is 23.7 Å². The lowest BCUT2D eigenvalue weighted by Gasteiger charge is -2.20. The van der Waals surface area contributed by atoms with Crippen LogP contribution in [0.1, 0.15) is 30.6 Å². The Morgan fingerprint density at radius 2 is 2.27 bits per heavy atom. The standard InChI is InChI=1S/C18H23N3O3S.ClH/c1-10(21-18(23)15-7-13(22)8-19-15)14-5-4-12(6-16(14)24-3)17-11(2)20-9-25-17;/h4-6,9-10,13,15,19,22H,7-8H2,1-3H3,(H,21,23);1H/t10?,13-,15+;/m1./s1. The Bertz CT molecular complexity index is 768. The van der Waals surface area contributed by atoms with Crippen molar-refractivity contribution in [1.82, 2.24) is 15.6 Å².